The molecule has 13 heavy (non-hydrogen) atoms. The second kappa shape index (κ2) is 3.72. The molecule has 2 rings (SSSR count). The molecule has 1 aromatic carbocycles. The number of ether oxygens (including phenoxy) is 1. The lowest BCUT2D eigenvalue weighted by Crippen LogP contribution is -2.11. The van der Waals surface area contributed by atoms with E-state index in [1.807, 2.05) is 11.8 Å². The molecular weight excluding hydrogens is 180 g/mol. The Balaban J connectivity index is 2.34. The third-order valence-corrected chi connectivity index (χ3v) is 3.70. The van der Waals surface area contributed by atoms with E-state index in [4.69, 9.17) is 4.74 Å². The Bertz CT molecular complexity index is 298. The van der Waals surface area contributed by atoms with Crippen molar-refractivity contribution in [2.45, 2.75) is 17.8 Å². The quantitative estimate of drug-likeness (QED) is 0.716. The zero-order chi connectivity index (χ0) is 9.26. The summed E-state index contributed by atoms with van der Waals surface area (Å²) < 4.78 is 5.52. The zero-order valence-corrected chi connectivity index (χ0v) is 8.80. The summed E-state index contributed by atoms with van der Waals surface area (Å²) in [5.41, 5.74) is 2.83. The van der Waals surface area contributed by atoms with Gasteiger partial charge in [-0.2, -0.15) is 11.8 Å². The average Bonchev–Trinajstić information content (AvgIpc) is 2.55. The smallest absolute Gasteiger partial charge is 0.0945 e. The van der Waals surface area contributed by atoms with Crippen molar-refractivity contribution in [2.75, 3.05) is 13.4 Å². The summed E-state index contributed by atoms with van der Waals surface area (Å²) in [5.74, 6) is 0. The monoisotopic (exact) mass is 194 g/mol. The molecule has 0 heterocycles. The van der Waals surface area contributed by atoms with Crippen LogP contribution in [0.25, 0.3) is 0 Å². The molecular formula is C11H14OS. The van der Waals surface area contributed by atoms with Crippen LogP contribution < -0.4 is 0 Å². The molecule has 0 bridgehead atoms. The first kappa shape index (κ1) is 9.10. The highest BCUT2D eigenvalue weighted by atomic mass is 32.2. The number of fused-ring (bicyclic) bond motifs is 1. The highest BCUT2D eigenvalue weighted by Crippen LogP contribution is 2.39. The molecule has 0 fully saturated rings. The largest absolute Gasteiger partial charge is 0.376 e. The van der Waals surface area contributed by atoms with Crippen LogP contribution in [0, 0.1) is 0 Å². The molecule has 1 aliphatic rings. The van der Waals surface area contributed by atoms with Gasteiger partial charge in [0.2, 0.25) is 0 Å². The lowest BCUT2D eigenvalue weighted by Gasteiger charge is -2.16. The average molecular weight is 194 g/mol. The van der Waals surface area contributed by atoms with Crippen LogP contribution in [0.2, 0.25) is 0 Å². The highest BCUT2D eigenvalue weighted by Gasteiger charge is 2.31. The van der Waals surface area contributed by atoms with Crippen LogP contribution in [0.4, 0.5) is 0 Å². The second-order valence-electron chi connectivity index (χ2n) is 3.33. The van der Waals surface area contributed by atoms with Gasteiger partial charge in [0.05, 0.1) is 6.10 Å². The van der Waals surface area contributed by atoms with Crippen LogP contribution in [0.15, 0.2) is 24.3 Å². The van der Waals surface area contributed by atoms with Gasteiger partial charge in [0.15, 0.2) is 0 Å². The van der Waals surface area contributed by atoms with Crippen molar-refractivity contribution >= 4 is 11.8 Å². The predicted molar refractivity (Wildman–Crippen MR) is 57.2 cm³/mol. The van der Waals surface area contributed by atoms with E-state index in [1.165, 1.54) is 11.1 Å². The summed E-state index contributed by atoms with van der Waals surface area (Å²) in [6, 6.07) is 8.58. The van der Waals surface area contributed by atoms with Gasteiger partial charge in [0, 0.05) is 12.4 Å². The number of benzene rings is 1. The molecule has 0 radical (unpaired) electrons. The Labute approximate surface area is 83.5 Å². The Morgan fingerprint density at radius 1 is 1.38 bits per heavy atom. The molecule has 2 unspecified atom stereocenters. The third kappa shape index (κ3) is 1.49. The van der Waals surface area contributed by atoms with Gasteiger partial charge in [0.1, 0.15) is 0 Å². The molecule has 0 saturated carbocycles. The Hall–Kier alpha value is -0.470. The minimum Gasteiger partial charge on any atom is -0.376 e. The molecule has 2 heteroatoms. The van der Waals surface area contributed by atoms with Crippen LogP contribution in [-0.2, 0) is 11.2 Å². The van der Waals surface area contributed by atoms with Crippen molar-refractivity contribution in [3.8, 4) is 0 Å². The van der Waals surface area contributed by atoms with Gasteiger partial charge in [-0.3, -0.25) is 0 Å². The number of thioether (sulfide) groups is 1. The second-order valence-corrected chi connectivity index (χ2v) is 4.41. The fraction of sp³-hybridized carbons (Fsp3) is 0.455. The summed E-state index contributed by atoms with van der Waals surface area (Å²) in [6.45, 7) is 0. The standard InChI is InChI=1S/C11H14OS/c1-12-11-9-6-4-3-5-8(9)7-10(11)13-2/h3-6,10-11H,7H2,1-2H3. The molecule has 0 N–H and O–H groups in total. The van der Waals surface area contributed by atoms with Crippen molar-refractivity contribution in [1.82, 2.24) is 0 Å². The summed E-state index contributed by atoms with van der Waals surface area (Å²) in [4.78, 5) is 0. The molecule has 0 aliphatic heterocycles. The van der Waals surface area contributed by atoms with E-state index in [-0.39, 0.29) is 0 Å². The number of hydrogen-bond donors (Lipinski definition) is 0. The summed E-state index contributed by atoms with van der Waals surface area (Å²) in [5, 5.41) is 0.599. The van der Waals surface area contributed by atoms with Crippen LogP contribution in [0.1, 0.15) is 17.2 Å². The van der Waals surface area contributed by atoms with E-state index in [0.29, 0.717) is 11.4 Å². The Morgan fingerprint density at radius 3 is 2.85 bits per heavy atom. The third-order valence-electron chi connectivity index (χ3n) is 2.68. The molecule has 70 valence electrons. The first-order valence-corrected chi connectivity index (χ1v) is 5.79. The van der Waals surface area contributed by atoms with Gasteiger partial charge in [0.25, 0.3) is 0 Å². The van der Waals surface area contributed by atoms with E-state index in [2.05, 4.69) is 30.5 Å². The van der Waals surface area contributed by atoms with Crippen molar-refractivity contribution < 1.29 is 4.74 Å². The molecule has 1 aromatic rings. The minimum absolute atomic E-state index is 0.297. The maximum atomic E-state index is 5.52. The number of hydrogen-bond acceptors (Lipinski definition) is 2. The number of methoxy groups -OCH3 is 1. The van der Waals surface area contributed by atoms with E-state index in [0.717, 1.165) is 6.42 Å². The van der Waals surface area contributed by atoms with Gasteiger partial charge in [-0.15, -0.1) is 0 Å². The van der Waals surface area contributed by atoms with E-state index >= 15 is 0 Å². The molecule has 1 nitrogen and oxygen atoms in total. The first-order valence-electron chi connectivity index (χ1n) is 4.50. The van der Waals surface area contributed by atoms with Crippen LogP contribution in [0.5, 0.6) is 0 Å². The molecule has 1 aliphatic carbocycles. The lowest BCUT2D eigenvalue weighted by atomic mass is 10.1. The van der Waals surface area contributed by atoms with Crippen molar-refractivity contribution in [3.05, 3.63) is 35.4 Å². The van der Waals surface area contributed by atoms with E-state index in [1.54, 1.807) is 7.11 Å². The molecule has 2 atom stereocenters. The first-order chi connectivity index (χ1) is 6.36. The van der Waals surface area contributed by atoms with Crippen molar-refractivity contribution in [1.29, 1.82) is 0 Å². The topological polar surface area (TPSA) is 9.23 Å². The summed E-state index contributed by atoms with van der Waals surface area (Å²) >= 11 is 1.90. The fourth-order valence-corrected chi connectivity index (χ4v) is 2.86. The van der Waals surface area contributed by atoms with Gasteiger partial charge in [-0.1, -0.05) is 24.3 Å². The zero-order valence-electron chi connectivity index (χ0n) is 7.99. The minimum atomic E-state index is 0.297. The molecule has 0 spiro atoms. The molecule has 0 saturated heterocycles. The highest BCUT2D eigenvalue weighted by molar-refractivity contribution is 7.99. The Morgan fingerprint density at radius 2 is 2.15 bits per heavy atom. The van der Waals surface area contributed by atoms with Crippen molar-refractivity contribution in [3.63, 3.8) is 0 Å². The van der Waals surface area contributed by atoms with Gasteiger partial charge < -0.3 is 4.74 Å². The fourth-order valence-electron chi connectivity index (χ4n) is 2.01. The van der Waals surface area contributed by atoms with Crippen LogP contribution >= 0.6 is 11.8 Å². The van der Waals surface area contributed by atoms with Gasteiger partial charge in [-0.05, 0) is 23.8 Å². The lowest BCUT2D eigenvalue weighted by molar-refractivity contribution is 0.109. The SMILES string of the molecule is COC1c2ccccc2CC1SC. The van der Waals surface area contributed by atoms with Crippen molar-refractivity contribution in [2.24, 2.45) is 0 Å². The molecule has 0 aromatic heterocycles. The van der Waals surface area contributed by atoms with E-state index < -0.39 is 0 Å². The maximum Gasteiger partial charge on any atom is 0.0945 e. The Kier molecular flexibility index (Phi) is 2.61. The summed E-state index contributed by atoms with van der Waals surface area (Å²) in [7, 11) is 1.80. The maximum absolute atomic E-state index is 5.52. The summed E-state index contributed by atoms with van der Waals surface area (Å²) in [6.07, 6.45) is 3.60. The van der Waals surface area contributed by atoms with Gasteiger partial charge in [-0.25, -0.2) is 0 Å². The predicted octanol–water partition coefficient (Wildman–Crippen LogP) is 2.66. The number of rotatable bonds is 2. The molecule has 0 amide bonds. The van der Waals surface area contributed by atoms with Crippen LogP contribution in [0.3, 0.4) is 0 Å². The van der Waals surface area contributed by atoms with E-state index in [9.17, 15) is 0 Å². The van der Waals surface area contributed by atoms with Crippen LogP contribution in [-0.4, -0.2) is 18.6 Å². The normalized spacial score (nSPS) is 26.0. The van der Waals surface area contributed by atoms with Gasteiger partial charge >= 0.3 is 0 Å².